The van der Waals surface area contributed by atoms with E-state index in [0.29, 0.717) is 6.54 Å². The maximum atomic E-state index is 12.0. The molecule has 1 aromatic rings. The second-order valence-electron chi connectivity index (χ2n) is 4.95. The molecule has 0 radical (unpaired) electrons. The normalized spacial score (nSPS) is 20.2. The third-order valence-corrected chi connectivity index (χ3v) is 4.87. The molecule has 0 spiro atoms. The molecule has 0 aromatic heterocycles. The summed E-state index contributed by atoms with van der Waals surface area (Å²) >= 11 is 0. The summed E-state index contributed by atoms with van der Waals surface area (Å²) in [6, 6.07) is 7.80. The lowest BCUT2D eigenvalue weighted by Gasteiger charge is -2.13. The van der Waals surface area contributed by atoms with E-state index in [4.69, 9.17) is 0 Å². The fraction of sp³-hybridized carbons (Fsp3) is 0.500. The van der Waals surface area contributed by atoms with Crippen molar-refractivity contribution in [1.29, 1.82) is 0 Å². The molecule has 104 valence electrons. The number of hydrogen-bond acceptors (Lipinski definition) is 3. The van der Waals surface area contributed by atoms with Gasteiger partial charge in [0.05, 0.1) is 0 Å². The van der Waals surface area contributed by atoms with Crippen LogP contribution in [0.15, 0.2) is 24.3 Å². The number of para-hydroxylation sites is 1. The van der Waals surface area contributed by atoms with Crippen LogP contribution in [-0.2, 0) is 22.0 Å². The van der Waals surface area contributed by atoms with E-state index in [1.54, 1.807) is 6.26 Å². The molecule has 1 aromatic carbocycles. The molecule has 1 aliphatic heterocycles. The van der Waals surface area contributed by atoms with Gasteiger partial charge in [0, 0.05) is 41.0 Å². The highest BCUT2D eigenvalue weighted by Crippen LogP contribution is 2.24. The summed E-state index contributed by atoms with van der Waals surface area (Å²) in [5.41, 5.74) is 2.23. The Hall–Kier alpha value is -1.36. The van der Waals surface area contributed by atoms with Crippen molar-refractivity contribution in [3.63, 3.8) is 0 Å². The van der Waals surface area contributed by atoms with Crippen LogP contribution in [0, 0.1) is 0 Å². The van der Waals surface area contributed by atoms with E-state index < -0.39 is 10.8 Å². The fourth-order valence-electron chi connectivity index (χ4n) is 2.14. The van der Waals surface area contributed by atoms with Crippen molar-refractivity contribution in [1.82, 2.24) is 5.32 Å². The van der Waals surface area contributed by atoms with Crippen LogP contribution in [0.3, 0.4) is 0 Å². The molecule has 4 nitrogen and oxygen atoms in total. The van der Waals surface area contributed by atoms with Crippen LogP contribution in [0.1, 0.15) is 18.9 Å². The van der Waals surface area contributed by atoms with Gasteiger partial charge in [0.15, 0.2) is 0 Å². The molecule has 2 rings (SSSR count). The molecular formula is C14H20N2O2S. The van der Waals surface area contributed by atoms with Crippen molar-refractivity contribution in [2.45, 2.75) is 31.1 Å². The van der Waals surface area contributed by atoms with Crippen molar-refractivity contribution >= 4 is 22.4 Å². The van der Waals surface area contributed by atoms with Gasteiger partial charge in [-0.15, -0.1) is 0 Å². The Labute approximate surface area is 116 Å². The zero-order valence-electron chi connectivity index (χ0n) is 11.3. The number of fused-ring (bicyclic) bond motifs is 1. The van der Waals surface area contributed by atoms with E-state index in [-0.39, 0.29) is 17.2 Å². The molecule has 2 N–H and O–H groups in total. The highest BCUT2D eigenvalue weighted by molar-refractivity contribution is 7.84. The summed E-state index contributed by atoms with van der Waals surface area (Å²) in [6.07, 6.45) is 3.17. The standard InChI is InChI=1S/C14H20N2O2S/c1-10(19(2)18)7-8-15-14(17)13-9-11-5-3-4-6-12(11)16-13/h3-6,10,13,16H,7-9H2,1-2H3,(H,15,17)/t10?,13-,19?/m0/s1. The molecule has 1 amide bonds. The monoisotopic (exact) mass is 280 g/mol. The minimum Gasteiger partial charge on any atom is -0.373 e. The van der Waals surface area contributed by atoms with Crippen LogP contribution in [0.4, 0.5) is 5.69 Å². The van der Waals surface area contributed by atoms with Gasteiger partial charge in [0.1, 0.15) is 6.04 Å². The molecule has 0 aliphatic carbocycles. The predicted octanol–water partition coefficient (Wildman–Crippen LogP) is 1.30. The van der Waals surface area contributed by atoms with E-state index in [1.807, 2.05) is 31.2 Å². The van der Waals surface area contributed by atoms with Crippen LogP contribution in [0.5, 0.6) is 0 Å². The maximum absolute atomic E-state index is 12.0. The summed E-state index contributed by atoms with van der Waals surface area (Å²) in [5.74, 6) is 0.0188. The first-order valence-electron chi connectivity index (χ1n) is 6.52. The average Bonchev–Trinajstić information content (AvgIpc) is 2.82. The SMILES string of the molecule is CC(CCNC(=O)[C@@H]1Cc2ccccc2N1)S(C)=O. The van der Waals surface area contributed by atoms with Gasteiger partial charge in [-0.2, -0.15) is 0 Å². The van der Waals surface area contributed by atoms with Gasteiger partial charge in [-0.1, -0.05) is 25.1 Å². The lowest BCUT2D eigenvalue weighted by molar-refractivity contribution is -0.121. The quantitative estimate of drug-likeness (QED) is 0.854. The molecule has 0 saturated carbocycles. The molecule has 3 atom stereocenters. The van der Waals surface area contributed by atoms with Gasteiger partial charge in [-0.3, -0.25) is 9.00 Å². The molecule has 5 heteroatoms. The minimum atomic E-state index is -0.826. The van der Waals surface area contributed by atoms with E-state index in [2.05, 4.69) is 10.6 Å². The number of nitrogens with one attached hydrogen (secondary N) is 2. The van der Waals surface area contributed by atoms with Gasteiger partial charge in [-0.25, -0.2) is 0 Å². The molecule has 0 fully saturated rings. The topological polar surface area (TPSA) is 58.2 Å². The van der Waals surface area contributed by atoms with Crippen LogP contribution in [0.2, 0.25) is 0 Å². The molecule has 1 aliphatic rings. The Morgan fingerprint density at radius 2 is 2.26 bits per heavy atom. The van der Waals surface area contributed by atoms with E-state index in [1.165, 1.54) is 5.56 Å². The first-order chi connectivity index (χ1) is 9.08. The summed E-state index contributed by atoms with van der Waals surface area (Å²) in [4.78, 5) is 12.0. The van der Waals surface area contributed by atoms with E-state index in [9.17, 15) is 9.00 Å². The number of carbonyl (C=O) groups excluding carboxylic acids is 1. The second-order valence-corrected chi connectivity index (χ2v) is 6.75. The Morgan fingerprint density at radius 3 is 2.95 bits per heavy atom. The number of rotatable bonds is 5. The molecular weight excluding hydrogens is 260 g/mol. The van der Waals surface area contributed by atoms with Gasteiger partial charge >= 0.3 is 0 Å². The zero-order chi connectivity index (χ0) is 13.8. The molecule has 19 heavy (non-hydrogen) atoms. The number of carbonyl (C=O) groups is 1. The van der Waals surface area contributed by atoms with Crippen molar-refractivity contribution in [3.05, 3.63) is 29.8 Å². The van der Waals surface area contributed by atoms with Gasteiger partial charge in [-0.05, 0) is 18.1 Å². The smallest absolute Gasteiger partial charge is 0.242 e. The number of hydrogen-bond donors (Lipinski definition) is 2. The van der Waals surface area contributed by atoms with Crippen LogP contribution in [0.25, 0.3) is 0 Å². The van der Waals surface area contributed by atoms with Crippen molar-refractivity contribution in [3.8, 4) is 0 Å². The average molecular weight is 280 g/mol. The van der Waals surface area contributed by atoms with Crippen LogP contribution in [-0.4, -0.2) is 34.2 Å². The number of anilines is 1. The van der Waals surface area contributed by atoms with E-state index >= 15 is 0 Å². The first kappa shape index (κ1) is 14.1. The third kappa shape index (κ3) is 3.56. The third-order valence-electron chi connectivity index (χ3n) is 3.50. The largest absolute Gasteiger partial charge is 0.373 e. The molecule has 0 saturated heterocycles. The lowest BCUT2D eigenvalue weighted by atomic mass is 10.1. The summed E-state index contributed by atoms with van der Waals surface area (Å²) < 4.78 is 11.2. The Kier molecular flexibility index (Phi) is 4.58. The highest BCUT2D eigenvalue weighted by Gasteiger charge is 2.25. The first-order valence-corrected chi connectivity index (χ1v) is 8.14. The fourth-order valence-corrected chi connectivity index (χ4v) is 2.59. The number of benzene rings is 1. The minimum absolute atomic E-state index is 0.0188. The van der Waals surface area contributed by atoms with Crippen molar-refractivity contribution in [2.75, 3.05) is 18.1 Å². The molecule has 1 heterocycles. The van der Waals surface area contributed by atoms with Crippen molar-refractivity contribution < 1.29 is 9.00 Å². The van der Waals surface area contributed by atoms with Crippen LogP contribution >= 0.6 is 0 Å². The summed E-state index contributed by atoms with van der Waals surface area (Å²) in [7, 11) is -0.826. The van der Waals surface area contributed by atoms with Gasteiger partial charge in [0.25, 0.3) is 0 Å². The lowest BCUT2D eigenvalue weighted by Crippen LogP contribution is -2.39. The Bertz CT molecular complexity index is 465. The summed E-state index contributed by atoms with van der Waals surface area (Å²) in [5, 5.41) is 6.25. The van der Waals surface area contributed by atoms with Gasteiger partial charge < -0.3 is 10.6 Å². The van der Waals surface area contributed by atoms with Gasteiger partial charge in [0.2, 0.25) is 5.91 Å². The van der Waals surface area contributed by atoms with Crippen molar-refractivity contribution in [2.24, 2.45) is 0 Å². The highest BCUT2D eigenvalue weighted by atomic mass is 32.2. The maximum Gasteiger partial charge on any atom is 0.242 e. The van der Waals surface area contributed by atoms with Crippen LogP contribution < -0.4 is 10.6 Å². The zero-order valence-corrected chi connectivity index (χ0v) is 12.1. The molecule has 2 unspecified atom stereocenters. The Balaban J connectivity index is 1.79. The molecule has 0 bridgehead atoms. The second kappa shape index (κ2) is 6.19. The predicted molar refractivity (Wildman–Crippen MR) is 78.7 cm³/mol. The summed E-state index contributed by atoms with van der Waals surface area (Å²) in [6.45, 7) is 2.51. The van der Waals surface area contributed by atoms with E-state index in [0.717, 1.165) is 18.5 Å². The Morgan fingerprint density at radius 1 is 1.53 bits per heavy atom. The number of amides is 1.